The largest absolute Gasteiger partial charge is 0.508 e. The second kappa shape index (κ2) is 7.98. The van der Waals surface area contributed by atoms with Crippen molar-refractivity contribution in [2.45, 2.75) is 13.5 Å². The number of fused-ring (bicyclic) bond motifs is 1. The van der Waals surface area contributed by atoms with E-state index in [1.807, 2.05) is 19.1 Å². The smallest absolute Gasteiger partial charge is 0.270 e. The van der Waals surface area contributed by atoms with Crippen LogP contribution in [0.4, 0.5) is 5.69 Å². The van der Waals surface area contributed by atoms with Crippen molar-refractivity contribution in [3.05, 3.63) is 62.5 Å². The van der Waals surface area contributed by atoms with Crippen molar-refractivity contribution in [2.75, 3.05) is 31.1 Å². The Kier molecular flexibility index (Phi) is 5.37. The maximum atomic E-state index is 12.7. The first-order valence-electron chi connectivity index (χ1n) is 9.74. The number of aromatic nitrogens is 2. The summed E-state index contributed by atoms with van der Waals surface area (Å²) in [5, 5.41) is 19.7. The van der Waals surface area contributed by atoms with Gasteiger partial charge in [-0.15, -0.1) is 0 Å². The Morgan fingerprint density at radius 2 is 1.93 bits per heavy atom. The molecule has 0 atom stereocenters. The monoisotopic (exact) mass is 423 g/mol. The Morgan fingerprint density at radius 3 is 2.60 bits per heavy atom. The molecule has 30 heavy (non-hydrogen) atoms. The van der Waals surface area contributed by atoms with Crippen LogP contribution in [0.25, 0.3) is 11.0 Å². The first-order valence-corrected chi connectivity index (χ1v) is 10.1. The summed E-state index contributed by atoms with van der Waals surface area (Å²) in [5.74, 6) is 0.302. The number of hydrogen-bond donors (Lipinski definition) is 1. The molecule has 2 aromatic heterocycles. The highest BCUT2D eigenvalue weighted by atomic mass is 35.5. The van der Waals surface area contributed by atoms with E-state index in [0.717, 1.165) is 30.8 Å². The summed E-state index contributed by atoms with van der Waals surface area (Å²) in [7, 11) is 1.64. The first-order chi connectivity index (χ1) is 14.4. The number of phenolic OH excluding ortho intramolecular Hbond substituents is 1. The fraction of sp³-hybridized carbons (Fsp3) is 0.318. The summed E-state index contributed by atoms with van der Waals surface area (Å²) in [6, 6.07) is 11.1. The van der Waals surface area contributed by atoms with E-state index in [0.29, 0.717) is 40.7 Å². The molecule has 154 valence electrons. The highest BCUT2D eigenvalue weighted by molar-refractivity contribution is 6.29. The van der Waals surface area contributed by atoms with Crippen molar-refractivity contribution in [1.82, 2.24) is 14.5 Å². The molecule has 1 aliphatic rings. The van der Waals surface area contributed by atoms with E-state index in [1.54, 1.807) is 25.2 Å². The maximum Gasteiger partial charge on any atom is 0.270 e. The molecule has 1 fully saturated rings. The molecule has 0 radical (unpaired) electrons. The fourth-order valence-electron chi connectivity index (χ4n) is 3.98. The molecular formula is C22H22ClN5O2. The maximum absolute atomic E-state index is 12.7. The van der Waals surface area contributed by atoms with Crippen LogP contribution < -0.4 is 10.5 Å². The van der Waals surface area contributed by atoms with Crippen LogP contribution in [-0.2, 0) is 13.6 Å². The summed E-state index contributed by atoms with van der Waals surface area (Å²) in [6.45, 7) is 5.56. The number of anilines is 1. The topological polar surface area (TPSA) is 85.4 Å². The van der Waals surface area contributed by atoms with E-state index < -0.39 is 0 Å². The zero-order valence-corrected chi connectivity index (χ0v) is 17.6. The van der Waals surface area contributed by atoms with Crippen LogP contribution in [0.5, 0.6) is 5.75 Å². The molecule has 0 amide bonds. The number of rotatable bonds is 3. The van der Waals surface area contributed by atoms with Crippen LogP contribution in [0.3, 0.4) is 0 Å². The van der Waals surface area contributed by atoms with Gasteiger partial charge in [-0.25, -0.2) is 4.98 Å². The van der Waals surface area contributed by atoms with E-state index in [1.165, 1.54) is 4.57 Å². The van der Waals surface area contributed by atoms with Crippen LogP contribution in [-0.4, -0.2) is 45.7 Å². The molecular weight excluding hydrogens is 402 g/mol. The molecule has 0 spiro atoms. The van der Waals surface area contributed by atoms with Gasteiger partial charge >= 0.3 is 0 Å². The quantitative estimate of drug-likeness (QED) is 0.652. The van der Waals surface area contributed by atoms with Gasteiger partial charge in [0, 0.05) is 39.8 Å². The van der Waals surface area contributed by atoms with Crippen molar-refractivity contribution in [1.29, 1.82) is 5.26 Å². The van der Waals surface area contributed by atoms with Crippen LogP contribution in [0.15, 0.2) is 35.1 Å². The molecule has 3 aromatic rings. The molecule has 0 saturated carbocycles. The third-order valence-electron chi connectivity index (χ3n) is 5.65. The SMILES string of the molecule is Cc1cc(CN2CCN(c3c(C#N)c(=O)n(C)c4ccc(Cl)nc34)CC2)ccc1O. The average molecular weight is 424 g/mol. The third kappa shape index (κ3) is 3.60. The normalized spacial score (nSPS) is 14.8. The number of halogens is 1. The number of aryl methyl sites for hydroxylation is 2. The molecule has 4 rings (SSSR count). The van der Waals surface area contributed by atoms with Gasteiger partial charge in [-0.2, -0.15) is 5.26 Å². The van der Waals surface area contributed by atoms with Gasteiger partial charge in [0.1, 0.15) is 28.1 Å². The minimum absolute atomic E-state index is 0.0994. The summed E-state index contributed by atoms with van der Waals surface area (Å²) < 4.78 is 1.45. The highest BCUT2D eigenvalue weighted by Crippen LogP contribution is 2.29. The lowest BCUT2D eigenvalue weighted by molar-refractivity contribution is 0.250. The summed E-state index contributed by atoms with van der Waals surface area (Å²) in [4.78, 5) is 21.6. The first kappa shape index (κ1) is 20.2. The van der Waals surface area contributed by atoms with Crippen molar-refractivity contribution in [2.24, 2.45) is 7.05 Å². The Hall–Kier alpha value is -3.08. The Balaban J connectivity index is 1.62. The predicted molar refractivity (Wildman–Crippen MR) is 117 cm³/mol. The van der Waals surface area contributed by atoms with E-state index in [4.69, 9.17) is 11.6 Å². The average Bonchev–Trinajstić information content (AvgIpc) is 2.74. The van der Waals surface area contributed by atoms with E-state index in [2.05, 4.69) is 20.9 Å². The van der Waals surface area contributed by atoms with Crippen molar-refractivity contribution in [3.8, 4) is 11.8 Å². The minimum Gasteiger partial charge on any atom is -0.508 e. The molecule has 0 unspecified atom stereocenters. The van der Waals surface area contributed by atoms with Crippen LogP contribution in [0.1, 0.15) is 16.7 Å². The van der Waals surface area contributed by atoms with Gasteiger partial charge in [0.15, 0.2) is 0 Å². The number of piperazine rings is 1. The lowest BCUT2D eigenvalue weighted by atomic mass is 10.1. The van der Waals surface area contributed by atoms with Gasteiger partial charge < -0.3 is 14.6 Å². The number of phenols is 1. The number of hydrogen-bond acceptors (Lipinski definition) is 6. The third-order valence-corrected chi connectivity index (χ3v) is 5.86. The van der Waals surface area contributed by atoms with Crippen LogP contribution >= 0.6 is 11.6 Å². The van der Waals surface area contributed by atoms with Gasteiger partial charge in [-0.3, -0.25) is 9.69 Å². The lowest BCUT2D eigenvalue weighted by Crippen LogP contribution is -2.47. The van der Waals surface area contributed by atoms with Gasteiger partial charge in [0.05, 0.1) is 11.2 Å². The van der Waals surface area contributed by atoms with Crippen molar-refractivity contribution < 1.29 is 5.11 Å². The fourth-order valence-corrected chi connectivity index (χ4v) is 4.13. The number of nitrogens with zero attached hydrogens (tertiary/aromatic N) is 5. The second-order valence-electron chi connectivity index (χ2n) is 7.59. The second-order valence-corrected chi connectivity index (χ2v) is 7.97. The van der Waals surface area contributed by atoms with E-state index in [9.17, 15) is 15.2 Å². The van der Waals surface area contributed by atoms with Gasteiger partial charge in [0.25, 0.3) is 5.56 Å². The van der Waals surface area contributed by atoms with Crippen LogP contribution in [0.2, 0.25) is 5.15 Å². The number of pyridine rings is 2. The summed E-state index contributed by atoms with van der Waals surface area (Å²) in [6.07, 6.45) is 0. The van der Waals surface area contributed by atoms with Crippen molar-refractivity contribution >= 4 is 28.3 Å². The molecule has 1 saturated heterocycles. The Labute approximate surface area is 179 Å². The summed E-state index contributed by atoms with van der Waals surface area (Å²) in [5.41, 5.74) is 3.57. The molecule has 0 aliphatic carbocycles. The van der Waals surface area contributed by atoms with Gasteiger partial charge in [-0.05, 0) is 36.2 Å². The molecule has 3 heterocycles. The van der Waals surface area contributed by atoms with Gasteiger partial charge in [-0.1, -0.05) is 23.7 Å². The zero-order chi connectivity index (χ0) is 21.4. The number of benzene rings is 1. The zero-order valence-electron chi connectivity index (χ0n) is 16.9. The highest BCUT2D eigenvalue weighted by Gasteiger charge is 2.25. The minimum atomic E-state index is -0.328. The lowest BCUT2D eigenvalue weighted by Gasteiger charge is -2.36. The predicted octanol–water partition coefficient (Wildman–Crippen LogP) is 2.79. The number of aromatic hydroxyl groups is 1. The molecule has 7 nitrogen and oxygen atoms in total. The van der Waals surface area contributed by atoms with Crippen molar-refractivity contribution in [3.63, 3.8) is 0 Å². The Bertz CT molecular complexity index is 1220. The molecule has 0 bridgehead atoms. The molecule has 1 aliphatic heterocycles. The van der Waals surface area contributed by atoms with E-state index >= 15 is 0 Å². The molecule has 1 N–H and O–H groups in total. The number of nitriles is 1. The molecule has 1 aromatic carbocycles. The molecule has 8 heteroatoms. The standard InChI is InChI=1S/C22H22ClN5O2/c1-14-11-15(3-5-18(14)29)13-27-7-9-28(10-8-27)21-16(12-24)22(30)26(2)17-4-6-19(23)25-20(17)21/h3-6,11,29H,7-10,13H2,1-2H3. The van der Waals surface area contributed by atoms with Gasteiger partial charge in [0.2, 0.25) is 0 Å². The summed E-state index contributed by atoms with van der Waals surface area (Å²) >= 11 is 6.13. The van der Waals surface area contributed by atoms with Crippen LogP contribution in [0, 0.1) is 18.3 Å². The Morgan fingerprint density at radius 1 is 1.20 bits per heavy atom. The van der Waals surface area contributed by atoms with E-state index in [-0.39, 0.29) is 11.1 Å².